The van der Waals surface area contributed by atoms with Crippen molar-refractivity contribution in [1.82, 2.24) is 4.98 Å². The maximum absolute atomic E-state index is 12.5. The van der Waals surface area contributed by atoms with Crippen molar-refractivity contribution in [2.24, 2.45) is 0 Å². The number of benzene rings is 2. The van der Waals surface area contributed by atoms with Crippen molar-refractivity contribution in [2.45, 2.75) is 12.5 Å². The molecule has 26 heavy (non-hydrogen) atoms. The smallest absolute Gasteiger partial charge is 0.339 e. The fourth-order valence-corrected chi connectivity index (χ4v) is 3.73. The van der Waals surface area contributed by atoms with Crippen molar-refractivity contribution in [2.75, 3.05) is 5.32 Å². The summed E-state index contributed by atoms with van der Waals surface area (Å²) < 4.78 is 6.26. The number of esters is 1. The number of cyclic esters (lactones) is 1. The summed E-state index contributed by atoms with van der Waals surface area (Å²) in [6.07, 6.45) is -0.490. The Morgan fingerprint density at radius 2 is 1.96 bits per heavy atom. The van der Waals surface area contributed by atoms with Gasteiger partial charge in [-0.25, -0.2) is 9.78 Å². The third kappa shape index (κ3) is 3.40. The lowest BCUT2D eigenvalue weighted by atomic mass is 9.98. The minimum absolute atomic E-state index is 0.360. The van der Waals surface area contributed by atoms with Gasteiger partial charge in [0.15, 0.2) is 11.2 Å². The fraction of sp³-hybridized carbons (Fsp3) is 0.105. The minimum Gasteiger partial charge on any atom is -0.448 e. The Morgan fingerprint density at radius 3 is 2.77 bits per heavy atom. The molecule has 1 atom stereocenters. The summed E-state index contributed by atoms with van der Waals surface area (Å²) in [6, 6.07) is 14.9. The average Bonchev–Trinajstić information content (AvgIpc) is 3.10. The van der Waals surface area contributed by atoms with Gasteiger partial charge >= 0.3 is 5.97 Å². The predicted molar refractivity (Wildman–Crippen MR) is 103 cm³/mol. The SMILES string of the molecule is O=C1OC(C(=O)Nc2nc(-c3ccc(Br)cc3)cs2)Cc2ccccc21. The van der Waals surface area contributed by atoms with Gasteiger partial charge in [-0.1, -0.05) is 46.3 Å². The molecule has 3 aromatic rings. The Kier molecular flexibility index (Phi) is 4.57. The maximum atomic E-state index is 12.5. The van der Waals surface area contributed by atoms with E-state index in [9.17, 15) is 9.59 Å². The first-order valence-electron chi connectivity index (χ1n) is 7.91. The number of hydrogen-bond acceptors (Lipinski definition) is 5. The summed E-state index contributed by atoms with van der Waals surface area (Å²) in [5.74, 6) is -0.841. The molecule has 1 aliphatic heterocycles. The molecule has 1 N–H and O–H groups in total. The van der Waals surface area contributed by atoms with Crippen LogP contribution in [0, 0.1) is 0 Å². The summed E-state index contributed by atoms with van der Waals surface area (Å²) in [7, 11) is 0. The fourth-order valence-electron chi connectivity index (χ4n) is 2.75. The van der Waals surface area contributed by atoms with Gasteiger partial charge in [-0.3, -0.25) is 10.1 Å². The zero-order valence-corrected chi connectivity index (χ0v) is 15.8. The van der Waals surface area contributed by atoms with E-state index >= 15 is 0 Å². The Morgan fingerprint density at radius 1 is 1.19 bits per heavy atom. The third-order valence-corrected chi connectivity index (χ3v) is 5.35. The Bertz CT molecular complexity index is 984. The van der Waals surface area contributed by atoms with Crippen LogP contribution in [0.3, 0.4) is 0 Å². The zero-order valence-electron chi connectivity index (χ0n) is 13.4. The van der Waals surface area contributed by atoms with Crippen LogP contribution in [0.4, 0.5) is 5.13 Å². The second kappa shape index (κ2) is 7.01. The summed E-state index contributed by atoms with van der Waals surface area (Å²) in [4.78, 5) is 29.0. The number of rotatable bonds is 3. The monoisotopic (exact) mass is 428 g/mol. The summed E-state index contributed by atoms with van der Waals surface area (Å²) in [5, 5.41) is 5.10. The van der Waals surface area contributed by atoms with Crippen molar-refractivity contribution in [3.8, 4) is 11.3 Å². The van der Waals surface area contributed by atoms with E-state index in [0.717, 1.165) is 21.3 Å². The summed E-state index contributed by atoms with van der Waals surface area (Å²) in [6.45, 7) is 0. The van der Waals surface area contributed by atoms with Crippen molar-refractivity contribution >= 4 is 44.3 Å². The molecule has 2 aromatic carbocycles. The van der Waals surface area contributed by atoms with Gasteiger partial charge in [0, 0.05) is 21.8 Å². The lowest BCUT2D eigenvalue weighted by Crippen LogP contribution is -2.37. The summed E-state index contributed by atoms with van der Waals surface area (Å²) in [5.41, 5.74) is 3.08. The van der Waals surface area contributed by atoms with Crippen molar-refractivity contribution in [1.29, 1.82) is 0 Å². The van der Waals surface area contributed by atoms with E-state index in [4.69, 9.17) is 4.74 Å². The molecule has 0 spiro atoms. The van der Waals surface area contributed by atoms with E-state index < -0.39 is 12.1 Å². The Hall–Kier alpha value is -2.51. The standard InChI is InChI=1S/C19H13BrN2O3S/c20-13-7-5-11(6-8-13)15-10-26-19(21-15)22-17(23)16-9-12-3-1-2-4-14(12)18(24)25-16/h1-8,10,16H,9H2,(H,21,22,23). The highest BCUT2D eigenvalue weighted by atomic mass is 79.9. The van der Waals surface area contributed by atoms with E-state index in [2.05, 4.69) is 26.2 Å². The largest absolute Gasteiger partial charge is 0.448 e. The van der Waals surface area contributed by atoms with Crippen LogP contribution < -0.4 is 5.32 Å². The molecule has 4 rings (SSSR count). The van der Waals surface area contributed by atoms with Crippen LogP contribution in [-0.2, 0) is 16.0 Å². The Labute approximate surface area is 162 Å². The quantitative estimate of drug-likeness (QED) is 0.631. The topological polar surface area (TPSA) is 68.3 Å². The Balaban J connectivity index is 1.47. The van der Waals surface area contributed by atoms with Crippen LogP contribution in [0.5, 0.6) is 0 Å². The molecule has 0 radical (unpaired) electrons. The molecule has 1 aliphatic rings. The third-order valence-electron chi connectivity index (χ3n) is 4.06. The number of fused-ring (bicyclic) bond motifs is 1. The number of nitrogens with one attached hydrogen (secondary N) is 1. The molecule has 7 heteroatoms. The lowest BCUT2D eigenvalue weighted by Gasteiger charge is -2.23. The van der Waals surface area contributed by atoms with E-state index in [0.29, 0.717) is 17.1 Å². The number of ether oxygens (including phenoxy) is 1. The second-order valence-corrected chi connectivity index (χ2v) is 7.56. The van der Waals surface area contributed by atoms with E-state index in [-0.39, 0.29) is 5.91 Å². The molecule has 1 amide bonds. The van der Waals surface area contributed by atoms with Gasteiger partial charge in [0.05, 0.1) is 11.3 Å². The van der Waals surface area contributed by atoms with E-state index in [1.165, 1.54) is 11.3 Å². The number of thiazole rings is 1. The van der Waals surface area contributed by atoms with Crippen LogP contribution in [0.25, 0.3) is 11.3 Å². The number of carbonyl (C=O) groups excluding carboxylic acids is 2. The molecule has 0 bridgehead atoms. The van der Waals surface area contributed by atoms with Crippen molar-refractivity contribution < 1.29 is 14.3 Å². The van der Waals surface area contributed by atoms with Crippen LogP contribution in [-0.4, -0.2) is 23.0 Å². The first-order valence-corrected chi connectivity index (χ1v) is 9.58. The highest BCUT2D eigenvalue weighted by Crippen LogP contribution is 2.27. The average molecular weight is 429 g/mol. The van der Waals surface area contributed by atoms with Crippen LogP contribution >= 0.6 is 27.3 Å². The van der Waals surface area contributed by atoms with Gasteiger partial charge in [-0.2, -0.15) is 0 Å². The van der Waals surface area contributed by atoms with E-state index in [1.54, 1.807) is 12.1 Å². The number of halogens is 1. The molecule has 0 saturated heterocycles. The molecular formula is C19H13BrN2O3S. The van der Waals surface area contributed by atoms with Crippen LogP contribution in [0.1, 0.15) is 15.9 Å². The number of amides is 1. The van der Waals surface area contributed by atoms with E-state index in [1.807, 2.05) is 41.8 Å². The van der Waals surface area contributed by atoms with Gasteiger partial charge < -0.3 is 4.74 Å². The normalized spacial score (nSPS) is 15.9. The van der Waals surface area contributed by atoms with Crippen molar-refractivity contribution in [3.05, 3.63) is 69.5 Å². The number of nitrogens with zero attached hydrogens (tertiary/aromatic N) is 1. The summed E-state index contributed by atoms with van der Waals surface area (Å²) >= 11 is 4.73. The van der Waals surface area contributed by atoms with Gasteiger partial charge in [-0.15, -0.1) is 11.3 Å². The lowest BCUT2D eigenvalue weighted by molar-refractivity contribution is -0.125. The molecule has 0 fully saturated rings. The first-order chi connectivity index (χ1) is 12.6. The first kappa shape index (κ1) is 16.9. The second-order valence-electron chi connectivity index (χ2n) is 5.79. The number of aromatic nitrogens is 1. The maximum Gasteiger partial charge on any atom is 0.339 e. The molecule has 2 heterocycles. The predicted octanol–water partition coefficient (Wildman–Crippen LogP) is 4.29. The minimum atomic E-state index is -0.850. The number of carbonyl (C=O) groups is 2. The molecule has 5 nitrogen and oxygen atoms in total. The molecule has 0 saturated carbocycles. The van der Waals surface area contributed by atoms with Crippen molar-refractivity contribution in [3.63, 3.8) is 0 Å². The molecule has 1 unspecified atom stereocenters. The number of anilines is 1. The number of hydrogen-bond donors (Lipinski definition) is 1. The molecular weight excluding hydrogens is 416 g/mol. The van der Waals surface area contributed by atoms with Gasteiger partial charge in [-0.05, 0) is 23.8 Å². The molecule has 130 valence electrons. The molecule has 1 aromatic heterocycles. The van der Waals surface area contributed by atoms with Gasteiger partial charge in [0.2, 0.25) is 0 Å². The highest BCUT2D eigenvalue weighted by molar-refractivity contribution is 9.10. The van der Waals surface area contributed by atoms with Crippen LogP contribution in [0.2, 0.25) is 0 Å². The van der Waals surface area contributed by atoms with Crippen LogP contribution in [0.15, 0.2) is 58.4 Å². The molecule has 0 aliphatic carbocycles. The van der Waals surface area contributed by atoms with Gasteiger partial charge in [0.1, 0.15) is 0 Å². The zero-order chi connectivity index (χ0) is 18.1. The van der Waals surface area contributed by atoms with Gasteiger partial charge in [0.25, 0.3) is 5.91 Å². The highest BCUT2D eigenvalue weighted by Gasteiger charge is 2.31.